The summed E-state index contributed by atoms with van der Waals surface area (Å²) >= 11 is 1.05. The van der Waals surface area contributed by atoms with Crippen LogP contribution in [0.15, 0.2) is 36.4 Å². The number of hydrogen-bond acceptors (Lipinski definition) is 6. The average molecular weight is 345 g/mol. The molecule has 1 aliphatic rings. The van der Waals surface area contributed by atoms with Gasteiger partial charge in [0.15, 0.2) is 0 Å². The van der Waals surface area contributed by atoms with Crippen LogP contribution in [0.5, 0.6) is 5.75 Å². The predicted octanol–water partition coefficient (Wildman–Crippen LogP) is 3.23. The van der Waals surface area contributed by atoms with Gasteiger partial charge >= 0.3 is 11.9 Å². The summed E-state index contributed by atoms with van der Waals surface area (Å²) in [7, 11) is 0. The van der Waals surface area contributed by atoms with Crippen LogP contribution in [0.3, 0.4) is 0 Å². The Morgan fingerprint density at radius 3 is 2.71 bits per heavy atom. The Morgan fingerprint density at radius 2 is 2.00 bits per heavy atom. The smallest absolute Gasteiger partial charge is 0.346 e. The Bertz CT molecular complexity index is 883. The molecule has 0 unspecified atom stereocenters. The lowest BCUT2D eigenvalue weighted by Gasteiger charge is -2.10. The van der Waals surface area contributed by atoms with Gasteiger partial charge in [-0.1, -0.05) is 12.2 Å². The number of nitrogens with zero attached hydrogens (tertiary/aromatic N) is 1. The maximum Gasteiger partial charge on any atom is 0.346 e. The van der Waals surface area contributed by atoms with E-state index in [0.717, 1.165) is 11.3 Å². The summed E-state index contributed by atoms with van der Waals surface area (Å²) in [5, 5.41) is 20.0. The van der Waals surface area contributed by atoms with Gasteiger partial charge < -0.3 is 9.84 Å². The van der Waals surface area contributed by atoms with E-state index in [4.69, 9.17) is 9.84 Å². The maximum absolute atomic E-state index is 12.4. The average Bonchev–Trinajstić information content (AvgIpc) is 2.94. The highest BCUT2D eigenvalue weighted by molar-refractivity contribution is 7.14. The van der Waals surface area contributed by atoms with Crippen LogP contribution in [0.2, 0.25) is 0 Å². The Balaban J connectivity index is 2.03. The molecule has 0 saturated heterocycles. The van der Waals surface area contributed by atoms with E-state index in [1.807, 2.05) is 6.08 Å². The maximum atomic E-state index is 12.4. The van der Waals surface area contributed by atoms with Crippen LogP contribution >= 0.6 is 11.3 Å². The molecule has 0 spiro atoms. The number of ether oxygens (including phenoxy) is 1. The van der Waals surface area contributed by atoms with Crippen molar-refractivity contribution in [1.29, 1.82) is 0 Å². The number of nitro groups is 1. The summed E-state index contributed by atoms with van der Waals surface area (Å²) in [4.78, 5) is 34.6. The summed E-state index contributed by atoms with van der Waals surface area (Å²) in [6, 6.07) is 5.27. The molecule has 2 heterocycles. The van der Waals surface area contributed by atoms with Gasteiger partial charge in [0.1, 0.15) is 10.6 Å². The van der Waals surface area contributed by atoms with Crippen molar-refractivity contribution in [3.8, 4) is 5.75 Å². The summed E-state index contributed by atoms with van der Waals surface area (Å²) in [6.45, 7) is 0. The molecule has 24 heavy (non-hydrogen) atoms. The summed E-state index contributed by atoms with van der Waals surface area (Å²) < 4.78 is 5.33. The van der Waals surface area contributed by atoms with E-state index in [2.05, 4.69) is 0 Å². The third-order valence-corrected chi connectivity index (χ3v) is 4.64. The first-order chi connectivity index (χ1) is 11.5. The van der Waals surface area contributed by atoms with Crippen LogP contribution in [-0.2, 0) is 12.8 Å². The molecule has 0 radical (unpaired) electrons. The van der Waals surface area contributed by atoms with Crippen LogP contribution in [0.4, 0.5) is 5.69 Å². The molecule has 0 aliphatic carbocycles. The number of benzene rings is 1. The molecule has 0 atom stereocenters. The second-order valence-corrected chi connectivity index (χ2v) is 6.21. The van der Waals surface area contributed by atoms with Crippen molar-refractivity contribution in [2.24, 2.45) is 0 Å². The van der Waals surface area contributed by atoms with E-state index >= 15 is 0 Å². The number of carboxylic acid groups (broad SMARTS) is 1. The Morgan fingerprint density at radius 1 is 1.25 bits per heavy atom. The molecule has 122 valence electrons. The van der Waals surface area contributed by atoms with Gasteiger partial charge in [0.05, 0.1) is 15.4 Å². The number of aromatic carboxylic acids is 1. The lowest BCUT2D eigenvalue weighted by atomic mass is 10.0. The second-order valence-electron chi connectivity index (χ2n) is 5.07. The predicted molar refractivity (Wildman–Crippen MR) is 85.9 cm³/mol. The molecular weight excluding hydrogens is 334 g/mol. The zero-order chi connectivity index (χ0) is 17.3. The minimum Gasteiger partial charge on any atom is -0.477 e. The first kappa shape index (κ1) is 15.9. The van der Waals surface area contributed by atoms with Crippen molar-refractivity contribution in [3.63, 3.8) is 0 Å². The largest absolute Gasteiger partial charge is 0.477 e. The fourth-order valence-corrected chi connectivity index (χ4v) is 3.26. The number of carboxylic acids is 1. The van der Waals surface area contributed by atoms with Crippen molar-refractivity contribution in [1.82, 2.24) is 0 Å². The molecule has 1 N–H and O–H groups in total. The van der Waals surface area contributed by atoms with Crippen LogP contribution < -0.4 is 4.74 Å². The zero-order valence-corrected chi connectivity index (χ0v) is 13.0. The van der Waals surface area contributed by atoms with Gasteiger partial charge in [-0.05, 0) is 18.1 Å². The van der Waals surface area contributed by atoms with Gasteiger partial charge in [0.25, 0.3) is 5.69 Å². The van der Waals surface area contributed by atoms with Crippen LogP contribution in [-0.4, -0.2) is 22.0 Å². The quantitative estimate of drug-likeness (QED) is 0.387. The van der Waals surface area contributed by atoms with Crippen molar-refractivity contribution < 1.29 is 24.4 Å². The number of esters is 1. The standard InChI is InChI=1S/C16H11NO6S/c18-15(19)14-8-12-13(24-14)4-2-1-3-9-7-10(17(21)22)5-6-11(9)16(20)23-12/h1-2,5-8H,3-4H2,(H,18,19)/b2-1-. The van der Waals surface area contributed by atoms with Crippen molar-refractivity contribution in [2.75, 3.05) is 0 Å². The Kier molecular flexibility index (Phi) is 4.13. The Hall–Kier alpha value is -3.00. The summed E-state index contributed by atoms with van der Waals surface area (Å²) in [5.74, 6) is -1.54. The monoisotopic (exact) mass is 345 g/mol. The highest BCUT2D eigenvalue weighted by Gasteiger charge is 2.21. The minimum atomic E-state index is -1.08. The molecule has 0 amide bonds. The summed E-state index contributed by atoms with van der Waals surface area (Å²) in [5.41, 5.74) is 0.611. The number of nitro benzene ring substituents is 1. The third-order valence-electron chi connectivity index (χ3n) is 3.51. The highest BCUT2D eigenvalue weighted by atomic mass is 32.1. The number of thiophene rings is 1. The SMILES string of the molecule is O=C(O)c1cc2c(s1)C/C=C\Cc1cc([N+](=O)[O-])ccc1C(=O)O2. The van der Waals surface area contributed by atoms with Crippen LogP contribution in [0.1, 0.15) is 30.5 Å². The van der Waals surface area contributed by atoms with E-state index in [9.17, 15) is 19.7 Å². The van der Waals surface area contributed by atoms with E-state index in [1.165, 1.54) is 24.3 Å². The molecule has 1 aromatic heterocycles. The molecule has 0 fully saturated rings. The van der Waals surface area contributed by atoms with Gasteiger partial charge in [0.2, 0.25) is 0 Å². The number of fused-ring (bicyclic) bond motifs is 2. The van der Waals surface area contributed by atoms with Crippen LogP contribution in [0, 0.1) is 10.1 Å². The lowest BCUT2D eigenvalue weighted by molar-refractivity contribution is -0.384. The highest BCUT2D eigenvalue weighted by Crippen LogP contribution is 2.32. The third kappa shape index (κ3) is 3.04. The molecule has 2 aromatic rings. The Labute approximate surface area is 140 Å². The molecule has 0 bridgehead atoms. The van der Waals surface area contributed by atoms with Gasteiger partial charge in [-0.25, -0.2) is 9.59 Å². The van der Waals surface area contributed by atoms with Gasteiger partial charge in [-0.15, -0.1) is 11.3 Å². The number of carbonyl (C=O) groups is 2. The van der Waals surface area contributed by atoms with Crippen molar-refractivity contribution in [2.45, 2.75) is 12.8 Å². The first-order valence-electron chi connectivity index (χ1n) is 6.96. The number of non-ortho nitro benzene ring substituents is 1. The normalized spacial score (nSPS) is 14.9. The lowest BCUT2D eigenvalue weighted by Crippen LogP contribution is -2.12. The number of allylic oxidation sites excluding steroid dienone is 2. The van der Waals surface area contributed by atoms with Crippen molar-refractivity contribution in [3.05, 3.63) is 67.4 Å². The fourth-order valence-electron chi connectivity index (χ4n) is 2.36. The molecule has 1 aromatic carbocycles. The number of hydrogen-bond donors (Lipinski definition) is 1. The van der Waals surface area contributed by atoms with Crippen LogP contribution in [0.25, 0.3) is 0 Å². The molecule has 8 heteroatoms. The van der Waals surface area contributed by atoms with Gasteiger partial charge in [-0.2, -0.15) is 0 Å². The molecule has 7 nitrogen and oxygen atoms in total. The van der Waals surface area contributed by atoms with E-state index in [0.29, 0.717) is 23.3 Å². The molecule has 0 saturated carbocycles. The molecule has 1 aliphatic heterocycles. The molecular formula is C16H11NO6S. The van der Waals surface area contributed by atoms with Crippen molar-refractivity contribution >= 4 is 29.0 Å². The topological polar surface area (TPSA) is 107 Å². The van der Waals surface area contributed by atoms with E-state index in [1.54, 1.807) is 6.08 Å². The zero-order valence-electron chi connectivity index (χ0n) is 12.2. The second kappa shape index (κ2) is 6.25. The summed E-state index contributed by atoms with van der Waals surface area (Å²) in [6.07, 6.45) is 4.39. The van der Waals surface area contributed by atoms with Gasteiger partial charge in [0, 0.05) is 24.6 Å². The fraction of sp³-hybridized carbons (Fsp3) is 0.125. The number of carbonyl (C=O) groups excluding carboxylic acids is 1. The van der Waals surface area contributed by atoms with E-state index < -0.39 is 16.9 Å². The van der Waals surface area contributed by atoms with E-state index in [-0.39, 0.29) is 21.9 Å². The first-order valence-corrected chi connectivity index (χ1v) is 7.78. The minimum absolute atomic E-state index is 0.0874. The van der Waals surface area contributed by atoms with Gasteiger partial charge in [-0.3, -0.25) is 10.1 Å². The number of rotatable bonds is 2. The molecule has 3 rings (SSSR count).